The maximum absolute atomic E-state index is 12.1. The van der Waals surface area contributed by atoms with Gasteiger partial charge in [-0.25, -0.2) is 9.59 Å². The molecule has 112 valence electrons. The fourth-order valence-corrected chi connectivity index (χ4v) is 1.86. The van der Waals surface area contributed by atoms with Crippen molar-refractivity contribution in [1.29, 1.82) is 0 Å². The minimum atomic E-state index is -1.70. The average Bonchev–Trinajstić information content (AvgIpc) is 2.52. The summed E-state index contributed by atoms with van der Waals surface area (Å²) in [5.41, 5.74) is -0.325. The molecule has 0 bridgehead atoms. The van der Waals surface area contributed by atoms with E-state index in [0.29, 0.717) is 0 Å². The van der Waals surface area contributed by atoms with Crippen LogP contribution in [0.2, 0.25) is 0 Å². The van der Waals surface area contributed by atoms with Gasteiger partial charge in [0.2, 0.25) is 0 Å². The Morgan fingerprint density at radius 2 is 1.55 bits per heavy atom. The van der Waals surface area contributed by atoms with E-state index in [4.69, 9.17) is 9.84 Å². The van der Waals surface area contributed by atoms with Crippen LogP contribution in [0.3, 0.4) is 0 Å². The third-order valence-corrected chi connectivity index (χ3v) is 2.87. The molecular weight excluding hydrogens is 290 g/mol. The molecule has 0 saturated carbocycles. The number of nitro groups is 1. The summed E-state index contributed by atoms with van der Waals surface area (Å²) in [5, 5.41) is 20.1. The monoisotopic (exact) mass is 301 g/mol. The molecule has 0 amide bonds. The largest absolute Gasteiger partial charge is 0.478 e. The number of aromatic carboxylic acids is 1. The summed E-state index contributed by atoms with van der Waals surface area (Å²) in [7, 11) is 0. The lowest BCUT2D eigenvalue weighted by Crippen LogP contribution is -2.20. The predicted molar refractivity (Wildman–Crippen MR) is 75.0 cm³/mol. The lowest BCUT2D eigenvalue weighted by Gasteiger charge is -2.11. The highest BCUT2D eigenvalue weighted by Crippen LogP contribution is 2.21. The van der Waals surface area contributed by atoms with Crippen LogP contribution in [0.5, 0.6) is 0 Å². The second kappa shape index (κ2) is 6.49. The number of hydrogen-bond acceptors (Lipinski definition) is 5. The normalized spacial score (nSPS) is 11.5. The number of hydrogen-bond donors (Lipinski definition) is 1. The summed E-state index contributed by atoms with van der Waals surface area (Å²) in [6.07, 6.45) is -1.70. The number of rotatable bonds is 5. The van der Waals surface area contributed by atoms with Gasteiger partial charge < -0.3 is 9.84 Å². The first-order valence-electron chi connectivity index (χ1n) is 6.22. The van der Waals surface area contributed by atoms with Crippen molar-refractivity contribution < 1.29 is 24.4 Å². The fourth-order valence-electron chi connectivity index (χ4n) is 1.86. The number of carbonyl (C=O) groups is 2. The quantitative estimate of drug-likeness (QED) is 0.393. The number of carboxylic acids is 1. The minimum Gasteiger partial charge on any atom is -0.478 e. The standard InChI is InChI=1S/C15H11NO6/c17-14(18)11-8-4-5-9-12(11)15(19)22-13(16(20)21)10-6-2-1-3-7-10/h1-9,13H,(H,17,18). The van der Waals surface area contributed by atoms with Crippen LogP contribution in [0.1, 0.15) is 32.5 Å². The van der Waals surface area contributed by atoms with E-state index in [2.05, 4.69) is 0 Å². The van der Waals surface area contributed by atoms with Crippen molar-refractivity contribution in [2.75, 3.05) is 0 Å². The summed E-state index contributed by atoms with van der Waals surface area (Å²) >= 11 is 0. The first-order valence-corrected chi connectivity index (χ1v) is 6.22. The zero-order valence-electron chi connectivity index (χ0n) is 11.2. The Labute approximate surface area is 124 Å². The Bertz CT molecular complexity index is 713. The van der Waals surface area contributed by atoms with Gasteiger partial charge in [-0.05, 0) is 24.3 Å². The summed E-state index contributed by atoms with van der Waals surface area (Å²) < 4.78 is 4.87. The Morgan fingerprint density at radius 1 is 1.00 bits per heavy atom. The zero-order chi connectivity index (χ0) is 16.1. The van der Waals surface area contributed by atoms with Crippen LogP contribution in [0.25, 0.3) is 0 Å². The van der Waals surface area contributed by atoms with Crippen LogP contribution < -0.4 is 0 Å². The molecule has 2 aromatic rings. The van der Waals surface area contributed by atoms with Crippen molar-refractivity contribution in [3.05, 3.63) is 81.4 Å². The minimum absolute atomic E-state index is 0.189. The van der Waals surface area contributed by atoms with Gasteiger partial charge in [0, 0.05) is 0 Å². The van der Waals surface area contributed by atoms with Crippen molar-refractivity contribution in [2.24, 2.45) is 0 Å². The van der Waals surface area contributed by atoms with Crippen LogP contribution in [0.15, 0.2) is 54.6 Å². The van der Waals surface area contributed by atoms with Gasteiger partial charge in [0.05, 0.1) is 21.6 Å². The fraction of sp³-hybridized carbons (Fsp3) is 0.0667. The van der Waals surface area contributed by atoms with E-state index in [0.717, 1.165) is 0 Å². The van der Waals surface area contributed by atoms with E-state index in [1.54, 1.807) is 18.2 Å². The van der Waals surface area contributed by atoms with Crippen molar-refractivity contribution in [3.8, 4) is 0 Å². The molecular formula is C15H11NO6. The molecule has 0 heterocycles. The van der Waals surface area contributed by atoms with E-state index in [1.807, 2.05) is 0 Å². The summed E-state index contributed by atoms with van der Waals surface area (Å²) in [5.74, 6) is -2.38. The van der Waals surface area contributed by atoms with Gasteiger partial charge in [-0.3, -0.25) is 10.1 Å². The topological polar surface area (TPSA) is 107 Å². The lowest BCUT2D eigenvalue weighted by atomic mass is 10.1. The first-order chi connectivity index (χ1) is 10.5. The van der Waals surface area contributed by atoms with E-state index < -0.39 is 23.1 Å². The number of carboxylic acid groups (broad SMARTS) is 1. The zero-order valence-corrected chi connectivity index (χ0v) is 11.2. The molecule has 0 aliphatic rings. The van der Waals surface area contributed by atoms with E-state index in [1.165, 1.54) is 36.4 Å². The molecule has 22 heavy (non-hydrogen) atoms. The Morgan fingerprint density at radius 3 is 2.09 bits per heavy atom. The second-order valence-corrected chi connectivity index (χ2v) is 4.30. The van der Waals surface area contributed by atoms with Gasteiger partial charge >= 0.3 is 18.2 Å². The maximum atomic E-state index is 12.1. The number of benzene rings is 2. The van der Waals surface area contributed by atoms with Crippen molar-refractivity contribution >= 4 is 11.9 Å². The highest BCUT2D eigenvalue weighted by atomic mass is 16.7. The van der Waals surface area contributed by atoms with Gasteiger partial charge in [0.15, 0.2) is 0 Å². The third-order valence-electron chi connectivity index (χ3n) is 2.87. The van der Waals surface area contributed by atoms with Gasteiger partial charge in [-0.1, -0.05) is 30.3 Å². The van der Waals surface area contributed by atoms with Crippen molar-refractivity contribution in [3.63, 3.8) is 0 Å². The molecule has 2 rings (SSSR count). The molecule has 2 aromatic carbocycles. The molecule has 7 heteroatoms. The highest BCUT2D eigenvalue weighted by molar-refractivity contribution is 6.02. The second-order valence-electron chi connectivity index (χ2n) is 4.30. The lowest BCUT2D eigenvalue weighted by molar-refractivity contribution is -0.574. The summed E-state index contributed by atoms with van der Waals surface area (Å²) in [6, 6.07) is 13.1. The van der Waals surface area contributed by atoms with Gasteiger partial charge in [0.25, 0.3) is 0 Å². The van der Waals surface area contributed by atoms with Gasteiger partial charge in [-0.15, -0.1) is 0 Å². The van der Waals surface area contributed by atoms with Gasteiger partial charge in [0.1, 0.15) is 0 Å². The SMILES string of the molecule is O=C(O)c1ccccc1C(=O)OC(c1ccccc1)[N+](=O)[O-]. The van der Waals surface area contributed by atoms with Crippen molar-refractivity contribution in [2.45, 2.75) is 6.23 Å². The Hall–Kier alpha value is -3.22. The maximum Gasteiger partial charge on any atom is 0.383 e. The number of ether oxygens (including phenoxy) is 1. The van der Waals surface area contributed by atoms with E-state index in [-0.39, 0.29) is 16.7 Å². The smallest absolute Gasteiger partial charge is 0.383 e. The van der Waals surface area contributed by atoms with Crippen molar-refractivity contribution in [1.82, 2.24) is 0 Å². The van der Waals surface area contributed by atoms with Crippen LogP contribution in [0, 0.1) is 10.1 Å². The molecule has 0 saturated heterocycles. The molecule has 0 spiro atoms. The molecule has 1 unspecified atom stereocenters. The van der Waals surface area contributed by atoms with Crippen LogP contribution in [-0.2, 0) is 4.74 Å². The summed E-state index contributed by atoms with van der Waals surface area (Å²) in [6.45, 7) is 0. The average molecular weight is 301 g/mol. The number of esters is 1. The summed E-state index contributed by atoms with van der Waals surface area (Å²) in [4.78, 5) is 33.5. The van der Waals surface area contributed by atoms with E-state index >= 15 is 0 Å². The molecule has 0 fully saturated rings. The molecule has 0 aromatic heterocycles. The molecule has 0 aliphatic heterocycles. The van der Waals surface area contributed by atoms with E-state index in [9.17, 15) is 19.7 Å². The Balaban J connectivity index is 2.30. The highest BCUT2D eigenvalue weighted by Gasteiger charge is 2.29. The third kappa shape index (κ3) is 3.26. The molecule has 1 N–H and O–H groups in total. The van der Waals surface area contributed by atoms with Crippen LogP contribution in [-0.4, -0.2) is 22.0 Å². The molecule has 0 radical (unpaired) electrons. The first kappa shape index (κ1) is 15.2. The van der Waals surface area contributed by atoms with Crippen LogP contribution in [0.4, 0.5) is 0 Å². The number of carbonyl (C=O) groups excluding carboxylic acids is 1. The van der Waals surface area contributed by atoms with Crippen LogP contribution >= 0.6 is 0 Å². The Kier molecular flexibility index (Phi) is 4.47. The molecule has 7 nitrogen and oxygen atoms in total. The number of nitrogens with zero attached hydrogens (tertiary/aromatic N) is 1. The predicted octanol–water partition coefficient (Wildman–Crippen LogP) is 2.52. The molecule has 0 aliphatic carbocycles. The molecule has 1 atom stereocenters. The van der Waals surface area contributed by atoms with Gasteiger partial charge in [-0.2, -0.15) is 0 Å².